The molecule has 0 atom stereocenters. The first-order chi connectivity index (χ1) is 17.6. The van der Waals surface area contributed by atoms with E-state index in [-0.39, 0.29) is 17.4 Å². The predicted molar refractivity (Wildman–Crippen MR) is 135 cm³/mol. The number of fused-ring (bicyclic) bond motifs is 2. The summed E-state index contributed by atoms with van der Waals surface area (Å²) < 4.78 is 43.9. The number of imidazole rings is 1. The van der Waals surface area contributed by atoms with Gasteiger partial charge in [-0.25, -0.2) is 4.98 Å². The van der Waals surface area contributed by atoms with Crippen molar-refractivity contribution in [3.8, 4) is 5.75 Å². The van der Waals surface area contributed by atoms with Crippen molar-refractivity contribution in [3.05, 3.63) is 87.0 Å². The first-order valence-corrected chi connectivity index (χ1v) is 12.6. The summed E-state index contributed by atoms with van der Waals surface area (Å²) in [6.45, 7) is 4.59. The number of carbonyl (C=O) groups is 2. The van der Waals surface area contributed by atoms with Crippen LogP contribution in [-0.4, -0.2) is 39.6 Å². The van der Waals surface area contributed by atoms with Gasteiger partial charge in [0.05, 0.1) is 25.4 Å². The van der Waals surface area contributed by atoms with E-state index in [9.17, 15) is 22.8 Å². The molecule has 0 saturated carbocycles. The fraction of sp³-hybridized carbons (Fsp3) is 0.296. The van der Waals surface area contributed by atoms with Gasteiger partial charge in [-0.3, -0.25) is 14.0 Å². The Kier molecular flexibility index (Phi) is 7.68. The smallest absolute Gasteiger partial charge is 0.419 e. The van der Waals surface area contributed by atoms with E-state index < -0.39 is 11.7 Å². The monoisotopic (exact) mass is 529 g/mol. The molecule has 0 radical (unpaired) electrons. The van der Waals surface area contributed by atoms with Gasteiger partial charge < -0.3 is 9.64 Å². The lowest BCUT2D eigenvalue weighted by molar-refractivity contribution is -0.138. The minimum atomic E-state index is -4.35. The van der Waals surface area contributed by atoms with Gasteiger partial charge in [0, 0.05) is 28.6 Å². The SMILES string of the molecule is CC(=O)c1csc2c1CCN(C(=O)c1cnc3ccccn13)C2.CCc1ccc(OC)c(C(F)(F)F)c1. The number of carbonyl (C=O) groups excluding carboxylic acids is 2. The fourth-order valence-electron chi connectivity index (χ4n) is 4.25. The average Bonchev–Trinajstić information content (AvgIpc) is 3.52. The number of nitrogens with zero attached hydrogens (tertiary/aromatic N) is 3. The summed E-state index contributed by atoms with van der Waals surface area (Å²) in [5, 5.41) is 1.91. The molecule has 1 amide bonds. The van der Waals surface area contributed by atoms with Crippen LogP contribution in [0.25, 0.3) is 5.65 Å². The van der Waals surface area contributed by atoms with Crippen molar-refractivity contribution in [1.82, 2.24) is 14.3 Å². The zero-order valence-electron chi connectivity index (χ0n) is 20.6. The minimum Gasteiger partial charge on any atom is -0.496 e. The number of hydrogen-bond donors (Lipinski definition) is 0. The summed E-state index contributed by atoms with van der Waals surface area (Å²) in [4.78, 5) is 31.7. The maximum atomic E-state index is 12.8. The Labute approximate surface area is 216 Å². The Hall–Kier alpha value is -3.66. The molecule has 3 aromatic heterocycles. The molecule has 4 heterocycles. The van der Waals surface area contributed by atoms with Gasteiger partial charge >= 0.3 is 6.18 Å². The van der Waals surface area contributed by atoms with Crippen LogP contribution in [0.2, 0.25) is 0 Å². The highest BCUT2D eigenvalue weighted by Crippen LogP contribution is 2.36. The van der Waals surface area contributed by atoms with Crippen molar-refractivity contribution in [1.29, 1.82) is 0 Å². The fourth-order valence-corrected chi connectivity index (χ4v) is 5.40. The van der Waals surface area contributed by atoms with Gasteiger partial charge in [0.1, 0.15) is 17.1 Å². The molecule has 4 aromatic rings. The van der Waals surface area contributed by atoms with Gasteiger partial charge in [0.25, 0.3) is 5.91 Å². The van der Waals surface area contributed by atoms with Crippen molar-refractivity contribution >= 4 is 28.7 Å². The van der Waals surface area contributed by atoms with Crippen LogP contribution >= 0.6 is 11.3 Å². The standard InChI is InChI=1S/C17H15N3O2S.C10H11F3O/c1-11(21)13-10-23-15-9-19(7-5-12(13)15)17(22)14-8-18-16-4-2-3-6-20(14)16;1-3-7-4-5-9(14-2)8(6-7)10(11,12)13/h2-4,6,8,10H,5,7,9H2,1H3;4-6H,3H2,1-2H3. The number of rotatable bonds is 4. The van der Waals surface area contributed by atoms with Gasteiger partial charge in [-0.15, -0.1) is 11.3 Å². The third-order valence-corrected chi connectivity index (χ3v) is 7.24. The molecule has 0 N–H and O–H groups in total. The second-order valence-corrected chi connectivity index (χ2v) is 9.51. The van der Waals surface area contributed by atoms with E-state index in [4.69, 9.17) is 0 Å². The van der Waals surface area contributed by atoms with Gasteiger partial charge in [0.15, 0.2) is 5.78 Å². The minimum absolute atomic E-state index is 0.0212. The summed E-state index contributed by atoms with van der Waals surface area (Å²) in [5.41, 5.74) is 3.21. The van der Waals surface area contributed by atoms with Crippen molar-refractivity contribution in [3.63, 3.8) is 0 Å². The number of methoxy groups -OCH3 is 1. The quantitative estimate of drug-likeness (QED) is 0.301. The largest absolute Gasteiger partial charge is 0.496 e. The van der Waals surface area contributed by atoms with Gasteiger partial charge in [-0.1, -0.05) is 19.1 Å². The van der Waals surface area contributed by atoms with Crippen molar-refractivity contribution < 1.29 is 27.5 Å². The lowest BCUT2D eigenvalue weighted by atomic mass is 10.0. The van der Waals surface area contributed by atoms with Crippen molar-refractivity contribution in [2.75, 3.05) is 13.7 Å². The molecule has 5 rings (SSSR count). The molecule has 0 spiro atoms. The van der Waals surface area contributed by atoms with Crippen LogP contribution < -0.4 is 4.74 Å². The molecule has 0 unspecified atom stereocenters. The van der Waals surface area contributed by atoms with Gasteiger partial charge in [0.2, 0.25) is 0 Å². The molecule has 194 valence electrons. The Balaban J connectivity index is 0.000000197. The first-order valence-electron chi connectivity index (χ1n) is 11.7. The molecule has 37 heavy (non-hydrogen) atoms. The number of benzene rings is 1. The number of Topliss-reactive ketones (excluding diaryl/α,β-unsaturated/α-hetero) is 1. The van der Waals surface area contributed by atoms with Crippen LogP contribution in [0.1, 0.15) is 56.3 Å². The van der Waals surface area contributed by atoms with Crippen molar-refractivity contribution in [2.24, 2.45) is 0 Å². The number of thiophene rings is 1. The van der Waals surface area contributed by atoms with E-state index >= 15 is 0 Å². The molecule has 0 fully saturated rings. The summed E-state index contributed by atoms with van der Waals surface area (Å²) in [6, 6.07) is 9.77. The number of amides is 1. The molecule has 1 aliphatic heterocycles. The van der Waals surface area contributed by atoms with Gasteiger partial charge in [-0.2, -0.15) is 13.2 Å². The number of aryl methyl sites for hydroxylation is 1. The lowest BCUT2D eigenvalue weighted by Gasteiger charge is -2.27. The first kappa shape index (κ1) is 26.4. The van der Waals surface area contributed by atoms with E-state index in [2.05, 4.69) is 9.72 Å². The maximum absolute atomic E-state index is 12.8. The number of pyridine rings is 1. The van der Waals surface area contributed by atoms with Crippen LogP contribution in [0.5, 0.6) is 5.75 Å². The van der Waals surface area contributed by atoms with E-state index in [0.29, 0.717) is 30.8 Å². The molecule has 0 aliphatic carbocycles. The highest BCUT2D eigenvalue weighted by Gasteiger charge is 2.34. The van der Waals surface area contributed by atoms with Crippen LogP contribution in [-0.2, 0) is 25.6 Å². The summed E-state index contributed by atoms with van der Waals surface area (Å²) in [6.07, 6.45) is 0.437. The average molecular weight is 530 g/mol. The van der Waals surface area contributed by atoms with E-state index in [1.807, 2.05) is 46.0 Å². The molecular formula is C27H26F3N3O3S. The van der Waals surface area contributed by atoms with Crippen LogP contribution in [0.3, 0.4) is 0 Å². The maximum Gasteiger partial charge on any atom is 0.419 e. The highest BCUT2D eigenvalue weighted by molar-refractivity contribution is 7.10. The third-order valence-electron chi connectivity index (χ3n) is 6.23. The Bertz CT molecular complexity index is 1440. The summed E-state index contributed by atoms with van der Waals surface area (Å²) in [5.74, 6) is -0.0501. The van der Waals surface area contributed by atoms with Crippen molar-refractivity contribution in [2.45, 2.75) is 39.4 Å². The Morgan fingerprint density at radius 3 is 2.65 bits per heavy atom. The molecule has 0 bridgehead atoms. The zero-order valence-corrected chi connectivity index (χ0v) is 21.4. The van der Waals surface area contributed by atoms with Gasteiger partial charge in [-0.05, 0) is 55.2 Å². The third kappa shape index (κ3) is 5.53. The molecule has 6 nitrogen and oxygen atoms in total. The Morgan fingerprint density at radius 2 is 1.97 bits per heavy atom. The lowest BCUT2D eigenvalue weighted by Crippen LogP contribution is -2.36. The molecular weight excluding hydrogens is 503 g/mol. The van der Waals surface area contributed by atoms with Crippen LogP contribution in [0.15, 0.2) is 54.2 Å². The number of ether oxygens (including phenoxy) is 1. The number of halogens is 3. The van der Waals surface area contributed by atoms with Crippen LogP contribution in [0.4, 0.5) is 13.2 Å². The topological polar surface area (TPSA) is 63.9 Å². The predicted octanol–water partition coefficient (Wildman–Crippen LogP) is 6.07. The Morgan fingerprint density at radius 1 is 1.19 bits per heavy atom. The molecule has 1 aromatic carbocycles. The highest BCUT2D eigenvalue weighted by atomic mass is 32.1. The second-order valence-electron chi connectivity index (χ2n) is 8.54. The van der Waals surface area contributed by atoms with E-state index in [1.165, 1.54) is 13.2 Å². The summed E-state index contributed by atoms with van der Waals surface area (Å²) >= 11 is 1.57. The second kappa shape index (κ2) is 10.8. The zero-order chi connectivity index (χ0) is 26.7. The van der Waals surface area contributed by atoms with Crippen LogP contribution in [0, 0.1) is 0 Å². The number of hydrogen-bond acceptors (Lipinski definition) is 5. The number of aromatic nitrogens is 2. The normalized spacial score (nSPS) is 13.1. The molecule has 10 heteroatoms. The number of alkyl halides is 3. The molecule has 1 aliphatic rings. The van der Waals surface area contributed by atoms with E-state index in [1.54, 1.807) is 30.5 Å². The molecule has 0 saturated heterocycles. The number of ketones is 1. The summed E-state index contributed by atoms with van der Waals surface area (Å²) in [7, 11) is 1.23. The van der Waals surface area contributed by atoms with E-state index in [0.717, 1.165) is 34.1 Å².